The normalized spacial score (nSPS) is 13.8. The molecule has 25 heavy (non-hydrogen) atoms. The molecule has 0 saturated carbocycles. The lowest BCUT2D eigenvalue weighted by Gasteiger charge is -2.26. The first-order chi connectivity index (χ1) is 11.8. The zero-order valence-corrected chi connectivity index (χ0v) is 15.5. The van der Waals surface area contributed by atoms with Crippen LogP contribution < -0.4 is 0 Å². The Labute approximate surface area is 149 Å². The van der Waals surface area contributed by atoms with Crippen molar-refractivity contribution in [3.63, 3.8) is 0 Å². The minimum atomic E-state index is -3.74. The third-order valence-electron chi connectivity index (χ3n) is 3.94. The van der Waals surface area contributed by atoms with E-state index in [2.05, 4.69) is 0 Å². The van der Waals surface area contributed by atoms with Crippen LogP contribution in [0, 0.1) is 0 Å². The highest BCUT2D eigenvalue weighted by Gasteiger charge is 2.36. The maximum atomic E-state index is 13.1. The summed E-state index contributed by atoms with van der Waals surface area (Å²) < 4.78 is 31.3. The third-order valence-corrected chi connectivity index (χ3v) is 6.20. The predicted octanol–water partition coefficient (Wildman–Crippen LogP) is 3.21. The van der Waals surface area contributed by atoms with Gasteiger partial charge < -0.3 is 9.84 Å². The van der Waals surface area contributed by atoms with Crippen LogP contribution in [-0.4, -0.2) is 36.8 Å². The van der Waals surface area contributed by atoms with Crippen molar-refractivity contribution < 1.29 is 27.9 Å². The fraction of sp³-hybridized carbons (Fsp3) is 0.556. The van der Waals surface area contributed by atoms with Gasteiger partial charge in [0.15, 0.2) is 9.84 Å². The highest BCUT2D eigenvalue weighted by molar-refractivity contribution is 7.92. The molecule has 7 heteroatoms. The lowest BCUT2D eigenvalue weighted by molar-refractivity contribution is -0.148. The molecule has 1 aromatic carbocycles. The highest BCUT2D eigenvalue weighted by Crippen LogP contribution is 2.27. The Bertz CT molecular complexity index is 653. The molecule has 0 aliphatic rings. The molecule has 0 aliphatic carbocycles. The summed E-state index contributed by atoms with van der Waals surface area (Å²) in [6, 6.07) is 8.00. The molecule has 140 valence electrons. The van der Waals surface area contributed by atoms with Gasteiger partial charge in [-0.3, -0.25) is 9.59 Å². The minimum absolute atomic E-state index is 0.0300. The van der Waals surface area contributed by atoms with Crippen LogP contribution in [0.2, 0.25) is 0 Å². The maximum Gasteiger partial charge on any atom is 0.303 e. The first-order valence-electron chi connectivity index (χ1n) is 8.47. The van der Waals surface area contributed by atoms with Crippen molar-refractivity contribution in [2.75, 3.05) is 0 Å². The van der Waals surface area contributed by atoms with Crippen LogP contribution >= 0.6 is 0 Å². The van der Waals surface area contributed by atoms with Crippen molar-refractivity contribution in [1.82, 2.24) is 0 Å². The Hall–Kier alpha value is -1.89. The van der Waals surface area contributed by atoms with Crippen LogP contribution in [-0.2, 0) is 24.2 Å². The van der Waals surface area contributed by atoms with Crippen molar-refractivity contribution in [3.05, 3.63) is 30.3 Å². The molecule has 0 fully saturated rings. The first-order valence-corrected chi connectivity index (χ1v) is 10.0. The predicted molar refractivity (Wildman–Crippen MR) is 94.0 cm³/mol. The second-order valence-corrected chi connectivity index (χ2v) is 8.14. The molecule has 2 atom stereocenters. The molecule has 1 aromatic rings. The SMILES string of the molecule is CCCCCC(C(CCC(=O)O)OC(C)=O)S(=O)(=O)c1ccccc1. The zero-order valence-electron chi connectivity index (χ0n) is 14.7. The number of rotatable bonds is 11. The first kappa shape index (κ1) is 21.2. The van der Waals surface area contributed by atoms with Crippen molar-refractivity contribution in [3.8, 4) is 0 Å². The summed E-state index contributed by atoms with van der Waals surface area (Å²) >= 11 is 0. The molecule has 0 saturated heterocycles. The largest absolute Gasteiger partial charge is 0.481 e. The molecule has 0 aliphatic heterocycles. The quantitative estimate of drug-likeness (QED) is 0.474. The van der Waals surface area contributed by atoms with Crippen LogP contribution in [0.15, 0.2) is 35.2 Å². The molecule has 0 radical (unpaired) electrons. The highest BCUT2D eigenvalue weighted by atomic mass is 32.2. The second-order valence-electron chi connectivity index (χ2n) is 5.97. The molecule has 0 amide bonds. The van der Waals surface area contributed by atoms with Crippen LogP contribution in [0.1, 0.15) is 52.4 Å². The number of carboxylic acids is 1. The van der Waals surface area contributed by atoms with E-state index in [-0.39, 0.29) is 17.7 Å². The molecule has 2 unspecified atom stereocenters. The monoisotopic (exact) mass is 370 g/mol. The lowest BCUT2D eigenvalue weighted by Crippen LogP contribution is -2.38. The van der Waals surface area contributed by atoms with Gasteiger partial charge in [-0.25, -0.2) is 8.42 Å². The van der Waals surface area contributed by atoms with Gasteiger partial charge in [0.1, 0.15) is 11.4 Å². The summed E-state index contributed by atoms with van der Waals surface area (Å²) in [4.78, 5) is 22.5. The second kappa shape index (κ2) is 10.2. The van der Waals surface area contributed by atoms with Gasteiger partial charge >= 0.3 is 11.9 Å². The van der Waals surface area contributed by atoms with Crippen LogP contribution in [0.5, 0.6) is 0 Å². The summed E-state index contributed by atoms with van der Waals surface area (Å²) in [6.45, 7) is 3.21. The number of benzene rings is 1. The standard InChI is InChI=1S/C18H26O6S/c1-3-4-6-11-17(16(24-14(2)19)12-13-18(20)21)25(22,23)15-9-7-5-8-10-15/h5,7-10,16-17H,3-4,6,11-13H2,1-2H3,(H,20,21). The number of carboxylic acid groups (broad SMARTS) is 1. The van der Waals surface area contributed by atoms with Gasteiger partial charge in [-0.15, -0.1) is 0 Å². The zero-order chi connectivity index (χ0) is 18.9. The van der Waals surface area contributed by atoms with Gasteiger partial charge in [0.05, 0.1) is 4.90 Å². The lowest BCUT2D eigenvalue weighted by atomic mass is 10.0. The van der Waals surface area contributed by atoms with Crippen LogP contribution in [0.25, 0.3) is 0 Å². The van der Waals surface area contributed by atoms with E-state index in [1.807, 2.05) is 6.92 Å². The smallest absolute Gasteiger partial charge is 0.303 e. The van der Waals surface area contributed by atoms with E-state index in [1.165, 1.54) is 19.1 Å². The molecule has 0 spiro atoms. The van der Waals surface area contributed by atoms with Crippen molar-refractivity contribution in [2.45, 2.75) is 68.6 Å². The van der Waals surface area contributed by atoms with E-state index in [1.54, 1.807) is 18.2 Å². The van der Waals surface area contributed by atoms with E-state index in [4.69, 9.17) is 9.84 Å². The van der Waals surface area contributed by atoms with Gasteiger partial charge in [0.2, 0.25) is 0 Å². The number of hydrogen-bond acceptors (Lipinski definition) is 5. The van der Waals surface area contributed by atoms with E-state index in [0.29, 0.717) is 12.8 Å². The van der Waals surface area contributed by atoms with E-state index < -0.39 is 33.1 Å². The number of carbonyl (C=O) groups excluding carboxylic acids is 1. The number of sulfone groups is 1. The van der Waals surface area contributed by atoms with Crippen LogP contribution in [0.4, 0.5) is 0 Å². The summed E-state index contributed by atoms with van der Waals surface area (Å²) in [5, 5.41) is 7.97. The van der Waals surface area contributed by atoms with E-state index in [0.717, 1.165) is 12.8 Å². The van der Waals surface area contributed by atoms with Gasteiger partial charge in [-0.05, 0) is 25.0 Å². The topological polar surface area (TPSA) is 97.7 Å². The maximum absolute atomic E-state index is 13.1. The summed E-state index contributed by atoms with van der Waals surface area (Å²) in [7, 11) is -3.74. The molecular formula is C18H26O6S. The third kappa shape index (κ3) is 6.86. The molecule has 1 rings (SSSR count). The van der Waals surface area contributed by atoms with Crippen molar-refractivity contribution >= 4 is 21.8 Å². The minimum Gasteiger partial charge on any atom is -0.481 e. The van der Waals surface area contributed by atoms with Crippen molar-refractivity contribution in [1.29, 1.82) is 0 Å². The summed E-state index contributed by atoms with van der Waals surface area (Å²) in [5.74, 6) is -1.67. The Kier molecular flexibility index (Phi) is 8.61. The molecule has 1 N–H and O–H groups in total. The average Bonchev–Trinajstić information content (AvgIpc) is 2.56. The Morgan fingerprint density at radius 1 is 1.12 bits per heavy atom. The molecule has 0 heterocycles. The summed E-state index contributed by atoms with van der Waals surface area (Å²) in [5.41, 5.74) is 0. The summed E-state index contributed by atoms with van der Waals surface area (Å²) in [6.07, 6.45) is 1.50. The van der Waals surface area contributed by atoms with Gasteiger partial charge in [-0.1, -0.05) is 44.4 Å². The number of hydrogen-bond donors (Lipinski definition) is 1. The van der Waals surface area contributed by atoms with Crippen LogP contribution in [0.3, 0.4) is 0 Å². The van der Waals surface area contributed by atoms with Gasteiger partial charge in [0, 0.05) is 13.3 Å². The number of ether oxygens (including phenoxy) is 1. The van der Waals surface area contributed by atoms with Gasteiger partial charge in [-0.2, -0.15) is 0 Å². The Morgan fingerprint density at radius 2 is 1.76 bits per heavy atom. The Balaban J connectivity index is 3.17. The number of esters is 1. The molecular weight excluding hydrogens is 344 g/mol. The molecule has 0 aromatic heterocycles. The number of aliphatic carboxylic acids is 1. The fourth-order valence-electron chi connectivity index (χ4n) is 2.72. The van der Waals surface area contributed by atoms with Crippen molar-refractivity contribution in [2.24, 2.45) is 0 Å². The Morgan fingerprint density at radius 3 is 2.28 bits per heavy atom. The number of carbonyl (C=O) groups is 2. The molecule has 0 bridgehead atoms. The average molecular weight is 370 g/mol. The molecule has 6 nitrogen and oxygen atoms in total. The van der Waals surface area contributed by atoms with E-state index >= 15 is 0 Å². The van der Waals surface area contributed by atoms with Gasteiger partial charge in [0.25, 0.3) is 0 Å². The van der Waals surface area contributed by atoms with E-state index in [9.17, 15) is 18.0 Å². The fourth-order valence-corrected chi connectivity index (χ4v) is 4.68. The number of unbranched alkanes of at least 4 members (excludes halogenated alkanes) is 2.